The zero-order valence-electron chi connectivity index (χ0n) is 9.44. The van der Waals surface area contributed by atoms with E-state index < -0.39 is 10.0 Å². The molecular formula is C11H18N2O2S. The Bertz CT molecular complexity index is 412. The van der Waals surface area contributed by atoms with Crippen LogP contribution < -0.4 is 10.5 Å². The normalized spacial score (nSPS) is 11.6. The fourth-order valence-electron chi connectivity index (χ4n) is 1.40. The summed E-state index contributed by atoms with van der Waals surface area (Å²) in [6.45, 7) is 2.65. The minimum absolute atomic E-state index is 0.263. The third-order valence-electron chi connectivity index (χ3n) is 2.21. The molecule has 0 saturated carbocycles. The molecule has 1 aromatic carbocycles. The highest BCUT2D eigenvalue weighted by Gasteiger charge is 2.12. The topological polar surface area (TPSA) is 72.2 Å². The van der Waals surface area contributed by atoms with E-state index in [0.29, 0.717) is 11.4 Å². The molecule has 16 heavy (non-hydrogen) atoms. The van der Waals surface area contributed by atoms with Crippen LogP contribution in [-0.4, -0.2) is 21.5 Å². The van der Waals surface area contributed by atoms with E-state index in [0.717, 1.165) is 18.4 Å². The lowest BCUT2D eigenvalue weighted by molar-refractivity contribution is 0.582. The lowest BCUT2D eigenvalue weighted by Gasteiger charge is -2.06. The molecule has 0 amide bonds. The lowest BCUT2D eigenvalue weighted by atomic mass is 10.1. The molecular weight excluding hydrogens is 224 g/mol. The third kappa shape index (κ3) is 3.59. The second-order valence-corrected chi connectivity index (χ2v) is 5.35. The zero-order valence-corrected chi connectivity index (χ0v) is 10.3. The van der Waals surface area contributed by atoms with Crippen LogP contribution in [0.25, 0.3) is 0 Å². The van der Waals surface area contributed by atoms with Crippen molar-refractivity contribution < 1.29 is 8.42 Å². The Hall–Kier alpha value is -0.910. The van der Waals surface area contributed by atoms with Crippen LogP contribution in [0.2, 0.25) is 0 Å². The van der Waals surface area contributed by atoms with Crippen LogP contribution in [0, 0.1) is 0 Å². The van der Waals surface area contributed by atoms with E-state index in [2.05, 4.69) is 11.6 Å². The molecule has 0 radical (unpaired) electrons. The van der Waals surface area contributed by atoms with Crippen molar-refractivity contribution in [1.29, 1.82) is 0 Å². The van der Waals surface area contributed by atoms with Gasteiger partial charge in [-0.3, -0.25) is 0 Å². The molecule has 0 heterocycles. The SMILES string of the molecule is CCCc1ccc(S(=O)(=O)NCCN)cc1. The Labute approximate surface area is 96.9 Å². The van der Waals surface area contributed by atoms with Gasteiger partial charge in [-0.05, 0) is 24.1 Å². The second-order valence-electron chi connectivity index (χ2n) is 3.58. The lowest BCUT2D eigenvalue weighted by Crippen LogP contribution is -2.29. The summed E-state index contributed by atoms with van der Waals surface area (Å²) in [5.41, 5.74) is 6.40. The van der Waals surface area contributed by atoms with Crippen molar-refractivity contribution >= 4 is 10.0 Å². The first-order valence-electron chi connectivity index (χ1n) is 5.39. The number of rotatable bonds is 6. The smallest absolute Gasteiger partial charge is 0.240 e. The first kappa shape index (κ1) is 13.2. The quantitative estimate of drug-likeness (QED) is 0.777. The predicted molar refractivity (Wildman–Crippen MR) is 64.7 cm³/mol. The molecule has 0 aliphatic heterocycles. The van der Waals surface area contributed by atoms with Crippen molar-refractivity contribution in [3.63, 3.8) is 0 Å². The molecule has 0 spiro atoms. The summed E-state index contributed by atoms with van der Waals surface area (Å²) in [7, 11) is -3.38. The Morgan fingerprint density at radius 2 is 1.88 bits per heavy atom. The van der Waals surface area contributed by atoms with Gasteiger partial charge in [0.05, 0.1) is 4.90 Å². The van der Waals surface area contributed by atoms with E-state index in [9.17, 15) is 8.42 Å². The number of benzene rings is 1. The summed E-state index contributed by atoms with van der Waals surface area (Å²) in [5.74, 6) is 0. The molecule has 0 fully saturated rings. The van der Waals surface area contributed by atoms with E-state index in [1.54, 1.807) is 12.1 Å². The van der Waals surface area contributed by atoms with Crippen LogP contribution in [0.15, 0.2) is 29.2 Å². The van der Waals surface area contributed by atoms with Gasteiger partial charge in [-0.25, -0.2) is 13.1 Å². The number of hydrogen-bond acceptors (Lipinski definition) is 3. The molecule has 4 nitrogen and oxygen atoms in total. The molecule has 1 rings (SSSR count). The van der Waals surface area contributed by atoms with Gasteiger partial charge in [0.15, 0.2) is 0 Å². The van der Waals surface area contributed by atoms with Gasteiger partial charge in [-0.1, -0.05) is 25.5 Å². The van der Waals surface area contributed by atoms with Gasteiger partial charge in [0.2, 0.25) is 10.0 Å². The maximum atomic E-state index is 11.7. The summed E-state index contributed by atoms with van der Waals surface area (Å²) in [4.78, 5) is 0.292. The van der Waals surface area contributed by atoms with E-state index in [-0.39, 0.29) is 6.54 Å². The average Bonchev–Trinajstić information content (AvgIpc) is 2.28. The van der Waals surface area contributed by atoms with Crippen molar-refractivity contribution in [3.05, 3.63) is 29.8 Å². The first-order valence-corrected chi connectivity index (χ1v) is 6.87. The number of aryl methyl sites for hydroxylation is 1. The van der Waals surface area contributed by atoms with Gasteiger partial charge < -0.3 is 5.73 Å². The van der Waals surface area contributed by atoms with E-state index in [4.69, 9.17) is 5.73 Å². The molecule has 0 saturated heterocycles. The molecule has 1 aromatic rings. The fourth-order valence-corrected chi connectivity index (χ4v) is 2.45. The van der Waals surface area contributed by atoms with Crippen molar-refractivity contribution in [2.75, 3.05) is 13.1 Å². The minimum Gasteiger partial charge on any atom is -0.329 e. The van der Waals surface area contributed by atoms with Crippen molar-refractivity contribution in [3.8, 4) is 0 Å². The molecule has 5 heteroatoms. The third-order valence-corrected chi connectivity index (χ3v) is 3.69. The Balaban J connectivity index is 2.80. The Morgan fingerprint density at radius 1 is 1.25 bits per heavy atom. The van der Waals surface area contributed by atoms with Crippen molar-refractivity contribution in [2.24, 2.45) is 5.73 Å². The highest BCUT2D eigenvalue weighted by molar-refractivity contribution is 7.89. The standard InChI is InChI=1S/C11H18N2O2S/c1-2-3-10-4-6-11(7-5-10)16(14,15)13-9-8-12/h4-7,13H,2-3,8-9,12H2,1H3. The highest BCUT2D eigenvalue weighted by Crippen LogP contribution is 2.11. The number of sulfonamides is 1. The molecule has 0 aliphatic rings. The van der Waals surface area contributed by atoms with Gasteiger partial charge in [0, 0.05) is 13.1 Å². The fraction of sp³-hybridized carbons (Fsp3) is 0.455. The van der Waals surface area contributed by atoms with Gasteiger partial charge in [-0.15, -0.1) is 0 Å². The molecule has 0 aromatic heterocycles. The second kappa shape index (κ2) is 5.98. The first-order chi connectivity index (χ1) is 7.60. The number of nitrogens with two attached hydrogens (primary N) is 1. The summed E-state index contributed by atoms with van der Waals surface area (Å²) >= 11 is 0. The van der Waals surface area contributed by atoms with E-state index in [1.165, 1.54) is 0 Å². The van der Waals surface area contributed by atoms with Gasteiger partial charge in [-0.2, -0.15) is 0 Å². The van der Waals surface area contributed by atoms with Crippen LogP contribution in [0.4, 0.5) is 0 Å². The Kier molecular flexibility index (Phi) is 4.92. The van der Waals surface area contributed by atoms with Gasteiger partial charge in [0.1, 0.15) is 0 Å². The molecule has 90 valence electrons. The van der Waals surface area contributed by atoms with Crippen molar-refractivity contribution in [2.45, 2.75) is 24.7 Å². The van der Waals surface area contributed by atoms with E-state index in [1.807, 2.05) is 12.1 Å². The summed E-state index contributed by atoms with van der Waals surface area (Å²) in [6, 6.07) is 6.95. The molecule has 0 aliphatic carbocycles. The maximum absolute atomic E-state index is 11.7. The Morgan fingerprint density at radius 3 is 2.38 bits per heavy atom. The molecule has 0 unspecified atom stereocenters. The molecule has 3 N–H and O–H groups in total. The summed E-state index contributed by atoms with van der Waals surface area (Å²) < 4.78 is 25.8. The highest BCUT2D eigenvalue weighted by atomic mass is 32.2. The predicted octanol–water partition coefficient (Wildman–Crippen LogP) is 0.876. The van der Waals surface area contributed by atoms with Crippen LogP contribution in [0.3, 0.4) is 0 Å². The minimum atomic E-state index is -3.38. The largest absolute Gasteiger partial charge is 0.329 e. The maximum Gasteiger partial charge on any atom is 0.240 e. The number of nitrogens with one attached hydrogen (secondary N) is 1. The van der Waals surface area contributed by atoms with Crippen LogP contribution in [0.5, 0.6) is 0 Å². The summed E-state index contributed by atoms with van der Waals surface area (Å²) in [5, 5.41) is 0. The van der Waals surface area contributed by atoms with Crippen LogP contribution in [-0.2, 0) is 16.4 Å². The van der Waals surface area contributed by atoms with Gasteiger partial charge >= 0.3 is 0 Å². The van der Waals surface area contributed by atoms with Crippen LogP contribution in [0.1, 0.15) is 18.9 Å². The summed E-state index contributed by atoms with van der Waals surface area (Å²) in [6.07, 6.45) is 2.02. The van der Waals surface area contributed by atoms with Crippen LogP contribution >= 0.6 is 0 Å². The average molecular weight is 242 g/mol. The zero-order chi connectivity index (χ0) is 12.0. The van der Waals surface area contributed by atoms with E-state index >= 15 is 0 Å². The van der Waals surface area contributed by atoms with Crippen molar-refractivity contribution in [1.82, 2.24) is 4.72 Å². The number of hydrogen-bond donors (Lipinski definition) is 2. The molecule has 0 bridgehead atoms. The molecule has 0 atom stereocenters. The monoisotopic (exact) mass is 242 g/mol. The van der Waals surface area contributed by atoms with Gasteiger partial charge in [0.25, 0.3) is 0 Å².